The third-order valence-corrected chi connectivity index (χ3v) is 3.04. The van der Waals surface area contributed by atoms with Crippen LogP contribution in [0.5, 0.6) is 0 Å². The maximum atomic E-state index is 5.67. The molecule has 2 rings (SSSR count). The molecule has 0 unspecified atom stereocenters. The van der Waals surface area contributed by atoms with E-state index >= 15 is 0 Å². The second-order valence-corrected chi connectivity index (χ2v) is 6.05. The van der Waals surface area contributed by atoms with E-state index in [-0.39, 0.29) is 0 Å². The van der Waals surface area contributed by atoms with Gasteiger partial charge in [0.2, 0.25) is 0 Å². The number of rotatable bonds is 3. The highest BCUT2D eigenvalue weighted by Crippen LogP contribution is 2.31. The second kappa shape index (κ2) is 3.48. The van der Waals surface area contributed by atoms with Crippen LogP contribution in [0.15, 0.2) is 24.3 Å². The first-order chi connectivity index (χ1) is 6.27. The van der Waals surface area contributed by atoms with Crippen molar-refractivity contribution < 1.29 is 4.43 Å². The topological polar surface area (TPSA) is 9.23 Å². The minimum absolute atomic E-state index is 0.806. The van der Waals surface area contributed by atoms with E-state index in [1.54, 1.807) is 0 Å². The molecule has 0 fully saturated rings. The molecule has 0 saturated carbocycles. The Morgan fingerprint density at radius 1 is 1.23 bits per heavy atom. The molecule has 0 amide bonds. The molecule has 1 aromatic carbocycles. The molecular weight excluding hydrogens is 176 g/mol. The van der Waals surface area contributed by atoms with Crippen molar-refractivity contribution >= 4 is 20.7 Å². The summed E-state index contributed by atoms with van der Waals surface area (Å²) < 4.78 is 5.67. The van der Waals surface area contributed by atoms with Gasteiger partial charge in [0.05, 0.1) is 6.61 Å². The third-order valence-electron chi connectivity index (χ3n) is 2.21. The molecule has 0 radical (unpaired) electrons. The number of hydrogen-bond donors (Lipinski definition) is 0. The van der Waals surface area contributed by atoms with Crippen molar-refractivity contribution in [3.8, 4) is 0 Å². The van der Waals surface area contributed by atoms with Gasteiger partial charge in [-0.3, -0.25) is 0 Å². The van der Waals surface area contributed by atoms with Gasteiger partial charge in [0.15, 0.2) is 9.04 Å². The van der Waals surface area contributed by atoms with Gasteiger partial charge < -0.3 is 4.43 Å². The molecule has 0 spiro atoms. The predicted molar refractivity (Wildman–Crippen MR) is 59.1 cm³/mol. The quantitative estimate of drug-likeness (QED) is 0.666. The van der Waals surface area contributed by atoms with Crippen LogP contribution >= 0.6 is 0 Å². The highest BCUT2D eigenvalue weighted by molar-refractivity contribution is 6.48. The molecule has 0 N–H and O–H groups in total. The van der Waals surface area contributed by atoms with Gasteiger partial charge >= 0.3 is 0 Å². The van der Waals surface area contributed by atoms with Crippen LogP contribution < -0.4 is 0 Å². The van der Waals surface area contributed by atoms with Gasteiger partial charge in [0.25, 0.3) is 0 Å². The van der Waals surface area contributed by atoms with Crippen molar-refractivity contribution in [3.63, 3.8) is 0 Å². The van der Waals surface area contributed by atoms with Crippen LogP contribution in [0.1, 0.15) is 11.1 Å². The van der Waals surface area contributed by atoms with Gasteiger partial charge in [0.1, 0.15) is 0 Å². The molecular formula is C11H14OSi. The third kappa shape index (κ3) is 1.74. The second-order valence-electron chi connectivity index (χ2n) is 3.62. The molecule has 0 saturated heterocycles. The molecule has 13 heavy (non-hydrogen) atoms. The van der Waals surface area contributed by atoms with Crippen molar-refractivity contribution in [1.82, 2.24) is 0 Å². The van der Waals surface area contributed by atoms with Crippen LogP contribution in [0.2, 0.25) is 13.1 Å². The zero-order chi connectivity index (χ0) is 9.26. The molecule has 0 heterocycles. The summed E-state index contributed by atoms with van der Waals surface area (Å²) >= 11 is 0. The average Bonchev–Trinajstić information content (AvgIpc) is 2.06. The summed E-state index contributed by atoms with van der Waals surface area (Å²) in [6.45, 7) is 5.21. The van der Waals surface area contributed by atoms with Crippen LogP contribution in [0.25, 0.3) is 11.6 Å². The van der Waals surface area contributed by atoms with E-state index in [1.165, 1.54) is 16.7 Å². The lowest BCUT2D eigenvalue weighted by atomic mass is 9.89. The van der Waals surface area contributed by atoms with Crippen LogP contribution in [0, 0.1) is 0 Å². The van der Waals surface area contributed by atoms with Crippen LogP contribution in [0.4, 0.5) is 0 Å². The molecule has 1 aliphatic rings. The summed E-state index contributed by atoms with van der Waals surface area (Å²) in [6.07, 6.45) is 2.21. The molecule has 1 aliphatic carbocycles. The van der Waals surface area contributed by atoms with Crippen molar-refractivity contribution in [2.45, 2.75) is 13.1 Å². The molecule has 0 bridgehead atoms. The Bertz CT molecular complexity index is 342. The summed E-state index contributed by atoms with van der Waals surface area (Å²) in [4.78, 5) is 0. The number of benzene rings is 1. The Balaban J connectivity index is 2.00. The Morgan fingerprint density at radius 2 is 2.00 bits per heavy atom. The van der Waals surface area contributed by atoms with Crippen molar-refractivity contribution in [3.05, 3.63) is 35.4 Å². The van der Waals surface area contributed by atoms with Crippen molar-refractivity contribution in [2.24, 2.45) is 0 Å². The van der Waals surface area contributed by atoms with Gasteiger partial charge in [-0.25, -0.2) is 0 Å². The zero-order valence-corrected chi connectivity index (χ0v) is 9.23. The highest BCUT2D eigenvalue weighted by Gasteiger charge is 2.14. The Kier molecular flexibility index (Phi) is 2.33. The summed E-state index contributed by atoms with van der Waals surface area (Å²) in [6, 6.07) is 8.46. The van der Waals surface area contributed by atoms with Gasteiger partial charge in [-0.15, -0.1) is 0 Å². The Morgan fingerprint density at radius 3 is 2.69 bits per heavy atom. The van der Waals surface area contributed by atoms with E-state index in [4.69, 9.17) is 4.43 Å². The van der Waals surface area contributed by atoms with E-state index < -0.39 is 9.04 Å². The van der Waals surface area contributed by atoms with Crippen LogP contribution in [-0.2, 0) is 4.43 Å². The molecule has 1 aromatic rings. The molecule has 0 aliphatic heterocycles. The van der Waals surface area contributed by atoms with Gasteiger partial charge in [-0.05, 0) is 35.9 Å². The fraction of sp³-hybridized carbons (Fsp3) is 0.273. The Labute approximate surface area is 80.8 Å². The van der Waals surface area contributed by atoms with Crippen LogP contribution in [0.3, 0.4) is 0 Å². The Hall–Kier alpha value is -0.863. The van der Waals surface area contributed by atoms with E-state index in [0.717, 1.165) is 6.61 Å². The zero-order valence-electron chi connectivity index (χ0n) is 8.08. The molecule has 2 heteroatoms. The monoisotopic (exact) mass is 190 g/mol. The SMILES string of the molecule is C[SiH](C)OCC1=Cc2ccccc21. The van der Waals surface area contributed by atoms with Crippen molar-refractivity contribution in [1.29, 1.82) is 0 Å². The summed E-state index contributed by atoms with van der Waals surface area (Å²) in [5.41, 5.74) is 4.08. The van der Waals surface area contributed by atoms with E-state index in [0.29, 0.717) is 0 Å². The fourth-order valence-corrected chi connectivity index (χ4v) is 1.99. The molecule has 0 atom stereocenters. The largest absolute Gasteiger partial charge is 0.416 e. The van der Waals surface area contributed by atoms with Gasteiger partial charge in [-0.2, -0.15) is 0 Å². The smallest absolute Gasteiger partial charge is 0.171 e. The van der Waals surface area contributed by atoms with E-state index in [1.807, 2.05) is 0 Å². The maximum absolute atomic E-state index is 5.67. The standard InChI is InChI=1S/C11H14OSi/c1-13(2)12-8-10-7-9-5-3-4-6-11(9)10/h3-7,13H,8H2,1-2H3. The molecule has 0 aromatic heterocycles. The lowest BCUT2D eigenvalue weighted by Crippen LogP contribution is -2.12. The first-order valence-corrected chi connectivity index (χ1v) is 7.47. The summed E-state index contributed by atoms with van der Waals surface area (Å²) in [5, 5.41) is 0. The van der Waals surface area contributed by atoms with Gasteiger partial charge in [0, 0.05) is 0 Å². The minimum Gasteiger partial charge on any atom is -0.416 e. The normalized spacial score (nSPS) is 13.6. The average molecular weight is 190 g/mol. The molecule has 1 nitrogen and oxygen atoms in total. The molecule has 68 valence electrons. The lowest BCUT2D eigenvalue weighted by Gasteiger charge is -2.20. The number of hydrogen-bond acceptors (Lipinski definition) is 1. The summed E-state index contributed by atoms with van der Waals surface area (Å²) in [5.74, 6) is 0. The lowest BCUT2D eigenvalue weighted by molar-refractivity contribution is 0.382. The van der Waals surface area contributed by atoms with Crippen LogP contribution in [-0.4, -0.2) is 15.6 Å². The number of fused-ring (bicyclic) bond motifs is 1. The first-order valence-electron chi connectivity index (χ1n) is 4.69. The van der Waals surface area contributed by atoms with E-state index in [2.05, 4.69) is 43.4 Å². The first kappa shape index (κ1) is 8.72. The summed E-state index contributed by atoms with van der Waals surface area (Å²) in [7, 11) is -0.862. The maximum Gasteiger partial charge on any atom is 0.171 e. The van der Waals surface area contributed by atoms with E-state index in [9.17, 15) is 0 Å². The predicted octanol–water partition coefficient (Wildman–Crippen LogP) is 2.54. The van der Waals surface area contributed by atoms with Gasteiger partial charge in [-0.1, -0.05) is 24.3 Å². The highest BCUT2D eigenvalue weighted by atomic mass is 28.3. The van der Waals surface area contributed by atoms with Crippen molar-refractivity contribution in [2.75, 3.05) is 6.61 Å². The minimum atomic E-state index is -0.862. The fourth-order valence-electron chi connectivity index (χ4n) is 1.48.